The number of halogens is 4. The fourth-order valence-corrected chi connectivity index (χ4v) is 8.03. The Morgan fingerprint density at radius 3 is 2.22 bits per heavy atom. The number of anilines is 2. The lowest BCUT2D eigenvalue weighted by molar-refractivity contribution is -0.112. The number of aryl methyl sites for hydroxylation is 2. The zero-order valence-electron chi connectivity index (χ0n) is 31.3. The number of aliphatic imine (C=N–C) groups is 2. The normalized spacial score (nSPS) is 15.2. The molecule has 1 fully saturated rings. The molecule has 5 rings (SSSR count). The van der Waals surface area contributed by atoms with Crippen LogP contribution < -0.4 is 20.1 Å². The molecule has 15 heteroatoms. The predicted octanol–water partition coefficient (Wildman–Crippen LogP) is 9.93. The van der Waals surface area contributed by atoms with Crippen LogP contribution >= 0.6 is 46.4 Å². The van der Waals surface area contributed by atoms with Crippen molar-refractivity contribution in [3.05, 3.63) is 109 Å². The van der Waals surface area contributed by atoms with Crippen molar-refractivity contribution in [3.63, 3.8) is 0 Å². The number of hydrazine groups is 1. The summed E-state index contributed by atoms with van der Waals surface area (Å²) in [5.41, 5.74) is 8.74. The van der Waals surface area contributed by atoms with Gasteiger partial charge in [-0.2, -0.15) is 0 Å². The minimum atomic E-state index is -3.32. The monoisotopic (exact) mass is 844 g/mol. The molecule has 4 aromatic carbocycles. The van der Waals surface area contributed by atoms with Gasteiger partial charge in [0.05, 0.1) is 32.7 Å². The quantitative estimate of drug-likeness (QED) is 0.109. The van der Waals surface area contributed by atoms with Crippen molar-refractivity contribution in [2.24, 2.45) is 9.98 Å². The van der Waals surface area contributed by atoms with Crippen LogP contribution in [0.4, 0.5) is 22.7 Å². The first-order valence-corrected chi connectivity index (χ1v) is 21.4. The van der Waals surface area contributed by atoms with E-state index >= 15 is 0 Å². The molecule has 1 aliphatic rings. The Morgan fingerprint density at radius 2 is 1.58 bits per heavy atom. The second-order valence-electron chi connectivity index (χ2n) is 13.3. The Kier molecular flexibility index (Phi) is 14.2. The number of hydrogen-bond donors (Lipinski definition) is 3. The van der Waals surface area contributed by atoms with Crippen LogP contribution in [0.1, 0.15) is 68.2 Å². The molecule has 0 saturated carbocycles. The van der Waals surface area contributed by atoms with Crippen LogP contribution in [0.25, 0.3) is 0 Å². The third kappa shape index (κ3) is 10.3. The first-order chi connectivity index (χ1) is 26.1. The van der Waals surface area contributed by atoms with Crippen LogP contribution in [0.2, 0.25) is 20.1 Å². The molecule has 0 aliphatic carbocycles. The third-order valence-corrected chi connectivity index (χ3v) is 11.1. The summed E-state index contributed by atoms with van der Waals surface area (Å²) in [7, 11) is -3.32. The third-order valence-electron chi connectivity index (χ3n) is 9.28. The van der Waals surface area contributed by atoms with Gasteiger partial charge in [0.25, 0.3) is 5.91 Å². The maximum atomic E-state index is 14.2. The Labute approximate surface area is 343 Å². The number of amidine groups is 1. The number of nitrogens with one attached hydrogen (secondary N) is 2. The number of likely N-dealkylation sites (N-methyl/N-ethyl adjacent to an activating group) is 1. The molecule has 1 amide bonds. The lowest BCUT2D eigenvalue weighted by atomic mass is 9.87. The van der Waals surface area contributed by atoms with E-state index in [9.17, 15) is 18.3 Å². The number of carbonyl (C=O) groups is 1. The van der Waals surface area contributed by atoms with Crippen LogP contribution in [-0.2, 0) is 21.2 Å². The zero-order valence-corrected chi connectivity index (χ0v) is 35.1. The van der Waals surface area contributed by atoms with Crippen molar-refractivity contribution < 1.29 is 18.3 Å². The summed E-state index contributed by atoms with van der Waals surface area (Å²) in [6.45, 7) is 9.43. The molecular formula is C40H44Cl4N6O4S. The van der Waals surface area contributed by atoms with Crippen molar-refractivity contribution in [1.82, 2.24) is 10.1 Å². The Hall–Kier alpha value is -3.84. The van der Waals surface area contributed by atoms with Crippen LogP contribution in [0, 0.1) is 6.92 Å². The molecule has 1 aliphatic heterocycles. The Balaban J connectivity index is 1.57. The zero-order chi connectivity index (χ0) is 40.0. The molecule has 4 aromatic rings. The summed E-state index contributed by atoms with van der Waals surface area (Å²) in [6, 6.07) is 20.0. The summed E-state index contributed by atoms with van der Waals surface area (Å²) >= 11 is 26.1. The van der Waals surface area contributed by atoms with E-state index in [2.05, 4.69) is 30.1 Å². The van der Waals surface area contributed by atoms with E-state index in [-0.39, 0.29) is 39.7 Å². The van der Waals surface area contributed by atoms with E-state index in [0.29, 0.717) is 40.3 Å². The molecule has 0 bridgehead atoms. The van der Waals surface area contributed by atoms with E-state index in [0.717, 1.165) is 59.9 Å². The van der Waals surface area contributed by atoms with E-state index in [1.54, 1.807) is 18.2 Å². The number of nitrogens with zero attached hydrogens (tertiary/aromatic N) is 4. The van der Waals surface area contributed by atoms with Gasteiger partial charge in [-0.25, -0.2) is 28.1 Å². The van der Waals surface area contributed by atoms with Crippen molar-refractivity contribution >= 4 is 96.6 Å². The molecule has 1 saturated heterocycles. The Bertz CT molecular complexity index is 2230. The molecule has 55 heavy (non-hydrogen) atoms. The molecule has 292 valence electrons. The fourth-order valence-electron chi connectivity index (χ4n) is 6.43. The van der Waals surface area contributed by atoms with Gasteiger partial charge in [0.2, 0.25) is 10.0 Å². The summed E-state index contributed by atoms with van der Waals surface area (Å²) in [4.78, 5) is 26.0. The number of rotatable bonds is 15. The highest BCUT2D eigenvalue weighted by molar-refractivity contribution is 7.88. The number of hydrogen-bond acceptors (Lipinski definition) is 7. The number of sulfonamides is 1. The minimum Gasteiger partial charge on any atom is -0.508 e. The topological polar surface area (TPSA) is 127 Å². The first kappa shape index (κ1) is 42.3. The van der Waals surface area contributed by atoms with Crippen LogP contribution in [0.15, 0.2) is 76.7 Å². The van der Waals surface area contributed by atoms with E-state index in [1.807, 2.05) is 49.1 Å². The minimum absolute atomic E-state index is 0.00440. The molecule has 0 aromatic heterocycles. The summed E-state index contributed by atoms with van der Waals surface area (Å²) < 4.78 is 25.7. The average Bonchev–Trinajstić information content (AvgIpc) is 3.41. The van der Waals surface area contributed by atoms with Crippen molar-refractivity contribution in [2.45, 2.75) is 59.3 Å². The largest absolute Gasteiger partial charge is 0.508 e. The van der Waals surface area contributed by atoms with Crippen molar-refractivity contribution in [1.29, 1.82) is 0 Å². The van der Waals surface area contributed by atoms with E-state index in [1.165, 1.54) is 17.1 Å². The van der Waals surface area contributed by atoms with Gasteiger partial charge in [-0.15, -0.1) is 0 Å². The lowest BCUT2D eigenvalue weighted by Crippen LogP contribution is -2.36. The van der Waals surface area contributed by atoms with Gasteiger partial charge in [0, 0.05) is 36.3 Å². The maximum Gasteiger partial charge on any atom is 0.299 e. The van der Waals surface area contributed by atoms with Crippen LogP contribution in [-0.4, -0.2) is 56.9 Å². The molecule has 0 spiro atoms. The highest BCUT2D eigenvalue weighted by Crippen LogP contribution is 2.39. The standard InChI is InChI=1S/C40H44Cl4N6O4S/c1-6-9-10-27-20-25(12-16-36(27)51)30(7-2)26-11-14-31(42)35(21-26)47-39-37(40(52)50(48-39)38-32(43)22-28(41)23-33(38)44)46-34-15-13-29(19-24(34)4)49(8-3)18-17-45-55(5,53)54/h11-16,19-23,30,45,51H,6-10,17-18H2,1-5H3,(H,47,48). The van der Waals surface area contributed by atoms with E-state index < -0.39 is 15.9 Å². The van der Waals surface area contributed by atoms with Crippen LogP contribution in [0.5, 0.6) is 5.75 Å². The van der Waals surface area contributed by atoms with Crippen molar-refractivity contribution in [3.8, 4) is 5.75 Å². The first-order valence-electron chi connectivity index (χ1n) is 18.0. The van der Waals surface area contributed by atoms with Gasteiger partial charge in [-0.3, -0.25) is 10.2 Å². The van der Waals surface area contributed by atoms with Crippen molar-refractivity contribution in [2.75, 3.05) is 35.8 Å². The average molecular weight is 847 g/mol. The Morgan fingerprint density at radius 1 is 0.891 bits per heavy atom. The van der Waals surface area contributed by atoms with Crippen LogP contribution in [0.3, 0.4) is 0 Å². The maximum absolute atomic E-state index is 14.2. The number of amides is 1. The molecule has 10 nitrogen and oxygen atoms in total. The summed E-state index contributed by atoms with van der Waals surface area (Å²) in [5, 5.41) is 12.7. The number of phenolic OH excluding ortho intramolecular Hbond substituents is 1. The van der Waals surface area contributed by atoms with Gasteiger partial charge in [0.1, 0.15) is 11.4 Å². The number of aromatic hydroxyl groups is 1. The SMILES string of the molecule is CCCCc1cc(C(CC)c2ccc(Cl)c(N=C3NN(c4c(Cl)cc(Cl)cc4Cl)C(=O)C3=Nc3ccc(N(CC)CCNS(C)(=O)=O)cc3C)c2)ccc1O. The van der Waals surface area contributed by atoms with Gasteiger partial charge in [-0.1, -0.05) is 84.9 Å². The number of unbranched alkanes of at least 4 members (excludes halogenated alkanes) is 1. The van der Waals surface area contributed by atoms with Gasteiger partial charge < -0.3 is 10.0 Å². The van der Waals surface area contributed by atoms with Gasteiger partial charge in [-0.05, 0) is 104 Å². The lowest BCUT2D eigenvalue weighted by Gasteiger charge is -2.23. The molecule has 3 N–H and O–H groups in total. The number of phenols is 1. The molecule has 0 radical (unpaired) electrons. The molecule has 1 unspecified atom stereocenters. The second-order valence-corrected chi connectivity index (χ2v) is 16.8. The highest BCUT2D eigenvalue weighted by Gasteiger charge is 2.37. The second kappa shape index (κ2) is 18.4. The predicted molar refractivity (Wildman–Crippen MR) is 229 cm³/mol. The van der Waals surface area contributed by atoms with E-state index in [4.69, 9.17) is 56.4 Å². The smallest absolute Gasteiger partial charge is 0.299 e. The molecule has 1 heterocycles. The number of benzene rings is 4. The summed E-state index contributed by atoms with van der Waals surface area (Å²) in [6.07, 6.45) is 4.68. The molecular weight excluding hydrogens is 802 g/mol. The summed E-state index contributed by atoms with van der Waals surface area (Å²) in [5.74, 6) is -0.161. The number of carbonyl (C=O) groups excluding carboxylic acids is 1. The van der Waals surface area contributed by atoms with Gasteiger partial charge >= 0.3 is 0 Å². The van der Waals surface area contributed by atoms with Gasteiger partial charge in [0.15, 0.2) is 11.5 Å². The molecule has 1 atom stereocenters. The highest BCUT2D eigenvalue weighted by atomic mass is 35.5. The fraction of sp³-hybridized carbons (Fsp3) is 0.325.